The number of carbonyl (C=O) groups excluding carboxylic acids is 1. The van der Waals surface area contributed by atoms with E-state index in [2.05, 4.69) is 4.98 Å². The number of aromatic nitrogens is 1. The van der Waals surface area contributed by atoms with Crippen molar-refractivity contribution in [3.63, 3.8) is 0 Å². The van der Waals surface area contributed by atoms with Crippen molar-refractivity contribution in [2.75, 3.05) is 14.2 Å². The molecule has 5 heteroatoms. The summed E-state index contributed by atoms with van der Waals surface area (Å²) < 4.78 is 5.15. The quantitative estimate of drug-likeness (QED) is 0.796. The molecule has 0 saturated carbocycles. The number of carbonyl (C=O) groups is 1. The van der Waals surface area contributed by atoms with E-state index in [1.807, 2.05) is 31.2 Å². The number of amides is 1. The molecule has 0 aliphatic carbocycles. The van der Waals surface area contributed by atoms with Crippen LogP contribution < -0.4 is 10.3 Å². The first kappa shape index (κ1) is 16.8. The lowest BCUT2D eigenvalue weighted by atomic mass is 10.1. The molecule has 0 saturated heterocycles. The molecule has 0 aliphatic heterocycles. The van der Waals surface area contributed by atoms with Gasteiger partial charge in [-0.3, -0.25) is 9.59 Å². The van der Waals surface area contributed by atoms with Crippen LogP contribution in [0.4, 0.5) is 0 Å². The maximum Gasteiger partial charge on any atom is 0.254 e. The van der Waals surface area contributed by atoms with Gasteiger partial charge in [-0.05, 0) is 48.2 Å². The molecule has 0 fully saturated rings. The minimum absolute atomic E-state index is 0.165. The second-order valence-electron chi connectivity index (χ2n) is 6.11. The molecule has 1 heterocycles. The molecule has 25 heavy (non-hydrogen) atoms. The smallest absolute Gasteiger partial charge is 0.254 e. The number of pyridine rings is 1. The monoisotopic (exact) mass is 336 g/mol. The van der Waals surface area contributed by atoms with Gasteiger partial charge in [0.25, 0.3) is 11.5 Å². The van der Waals surface area contributed by atoms with Crippen LogP contribution in [0.5, 0.6) is 5.75 Å². The lowest BCUT2D eigenvalue weighted by molar-refractivity contribution is 0.0784. The van der Waals surface area contributed by atoms with Crippen LogP contribution in [0.15, 0.2) is 53.3 Å². The number of fused-ring (bicyclic) bond motifs is 1. The zero-order valence-corrected chi connectivity index (χ0v) is 14.5. The highest BCUT2D eigenvalue weighted by molar-refractivity contribution is 5.94. The standard InChI is InChI=1S/C20H20N2O3/c1-13-7-8-14-10-16(19(23)21-18(14)9-13)12-22(2)20(24)15-5-4-6-17(11-15)25-3/h4-11H,12H2,1-3H3,(H,21,23). The number of H-pyrrole nitrogens is 1. The lowest BCUT2D eigenvalue weighted by Crippen LogP contribution is -2.29. The molecule has 0 aliphatic rings. The largest absolute Gasteiger partial charge is 0.497 e. The summed E-state index contributed by atoms with van der Waals surface area (Å²) in [5, 5.41) is 0.947. The molecular weight excluding hydrogens is 316 g/mol. The van der Waals surface area contributed by atoms with E-state index >= 15 is 0 Å². The minimum Gasteiger partial charge on any atom is -0.497 e. The Kier molecular flexibility index (Phi) is 4.57. The average Bonchev–Trinajstić information content (AvgIpc) is 2.61. The van der Waals surface area contributed by atoms with E-state index in [1.165, 1.54) is 4.90 Å². The Hall–Kier alpha value is -3.08. The van der Waals surface area contributed by atoms with E-state index < -0.39 is 0 Å². The van der Waals surface area contributed by atoms with Gasteiger partial charge in [-0.15, -0.1) is 0 Å². The number of hydrogen-bond acceptors (Lipinski definition) is 3. The molecule has 5 nitrogen and oxygen atoms in total. The number of aryl methyl sites for hydroxylation is 1. The molecule has 3 aromatic rings. The molecule has 128 valence electrons. The SMILES string of the molecule is COc1cccc(C(=O)N(C)Cc2cc3ccc(C)cc3[nH]c2=O)c1. The van der Waals surface area contributed by atoms with Gasteiger partial charge >= 0.3 is 0 Å². The van der Waals surface area contributed by atoms with Gasteiger partial charge in [-0.1, -0.05) is 18.2 Å². The second-order valence-corrected chi connectivity index (χ2v) is 6.11. The number of methoxy groups -OCH3 is 1. The predicted molar refractivity (Wildman–Crippen MR) is 98.1 cm³/mol. The van der Waals surface area contributed by atoms with Crippen LogP contribution in [0.2, 0.25) is 0 Å². The summed E-state index contributed by atoms with van der Waals surface area (Å²) in [6.07, 6.45) is 0. The molecule has 1 N–H and O–H groups in total. The maximum absolute atomic E-state index is 12.6. The van der Waals surface area contributed by atoms with Crippen molar-refractivity contribution in [1.82, 2.24) is 9.88 Å². The van der Waals surface area contributed by atoms with Crippen molar-refractivity contribution >= 4 is 16.8 Å². The van der Waals surface area contributed by atoms with Gasteiger partial charge in [0.1, 0.15) is 5.75 Å². The van der Waals surface area contributed by atoms with Gasteiger partial charge in [0, 0.05) is 23.7 Å². The Labute approximate surface area is 145 Å². The van der Waals surface area contributed by atoms with Gasteiger partial charge in [0.2, 0.25) is 0 Å². The van der Waals surface area contributed by atoms with E-state index in [0.717, 1.165) is 16.5 Å². The first-order valence-electron chi connectivity index (χ1n) is 8.00. The van der Waals surface area contributed by atoms with Crippen LogP contribution in [0.1, 0.15) is 21.5 Å². The minimum atomic E-state index is -0.177. The number of nitrogens with one attached hydrogen (secondary N) is 1. The average molecular weight is 336 g/mol. The number of rotatable bonds is 4. The molecule has 0 radical (unpaired) electrons. The third kappa shape index (κ3) is 3.55. The first-order valence-corrected chi connectivity index (χ1v) is 8.00. The van der Waals surface area contributed by atoms with E-state index in [9.17, 15) is 9.59 Å². The highest BCUT2D eigenvalue weighted by atomic mass is 16.5. The fraction of sp³-hybridized carbons (Fsp3) is 0.200. The Morgan fingerprint density at radius 2 is 1.96 bits per heavy atom. The van der Waals surface area contributed by atoms with Gasteiger partial charge in [0.05, 0.1) is 13.7 Å². The molecular formula is C20H20N2O3. The molecule has 1 amide bonds. The number of hydrogen-bond donors (Lipinski definition) is 1. The molecule has 0 atom stereocenters. The Morgan fingerprint density at radius 1 is 1.16 bits per heavy atom. The van der Waals surface area contributed by atoms with Crippen molar-refractivity contribution in [2.24, 2.45) is 0 Å². The topological polar surface area (TPSA) is 62.4 Å². The van der Waals surface area contributed by atoms with Crippen LogP contribution >= 0.6 is 0 Å². The lowest BCUT2D eigenvalue weighted by Gasteiger charge is -2.17. The molecule has 2 aromatic carbocycles. The summed E-state index contributed by atoms with van der Waals surface area (Å²) in [7, 11) is 3.24. The number of benzene rings is 2. The van der Waals surface area contributed by atoms with Crippen molar-refractivity contribution in [1.29, 1.82) is 0 Å². The Morgan fingerprint density at radius 3 is 2.72 bits per heavy atom. The van der Waals surface area contributed by atoms with Crippen molar-refractivity contribution in [3.05, 3.63) is 75.6 Å². The number of nitrogens with zero attached hydrogens (tertiary/aromatic N) is 1. The van der Waals surface area contributed by atoms with Crippen molar-refractivity contribution in [3.8, 4) is 5.75 Å². The van der Waals surface area contributed by atoms with Crippen LogP contribution in [0.3, 0.4) is 0 Å². The fourth-order valence-corrected chi connectivity index (χ4v) is 2.78. The third-order valence-corrected chi connectivity index (χ3v) is 4.15. The zero-order chi connectivity index (χ0) is 18.0. The molecule has 0 bridgehead atoms. The van der Waals surface area contributed by atoms with Gasteiger partial charge in [-0.2, -0.15) is 0 Å². The first-order chi connectivity index (χ1) is 12.0. The normalized spacial score (nSPS) is 10.7. The van der Waals surface area contributed by atoms with E-state index in [4.69, 9.17) is 4.74 Å². The molecule has 3 rings (SSSR count). The molecule has 1 aromatic heterocycles. The van der Waals surface area contributed by atoms with Crippen LogP contribution in [0, 0.1) is 6.92 Å². The van der Waals surface area contributed by atoms with Gasteiger partial charge in [0.15, 0.2) is 0 Å². The number of aromatic amines is 1. The van der Waals surface area contributed by atoms with Gasteiger partial charge < -0.3 is 14.6 Å². The Balaban J connectivity index is 1.87. The van der Waals surface area contributed by atoms with E-state index in [1.54, 1.807) is 38.4 Å². The van der Waals surface area contributed by atoms with Crippen LogP contribution in [-0.2, 0) is 6.54 Å². The molecule has 0 spiro atoms. The highest BCUT2D eigenvalue weighted by Gasteiger charge is 2.14. The third-order valence-electron chi connectivity index (χ3n) is 4.15. The summed E-state index contributed by atoms with van der Waals surface area (Å²) >= 11 is 0. The fourth-order valence-electron chi connectivity index (χ4n) is 2.78. The zero-order valence-electron chi connectivity index (χ0n) is 14.5. The Bertz CT molecular complexity index is 992. The summed E-state index contributed by atoms with van der Waals surface area (Å²) in [4.78, 5) is 29.3. The summed E-state index contributed by atoms with van der Waals surface area (Å²) in [5.41, 5.74) is 2.78. The second kappa shape index (κ2) is 6.81. The summed E-state index contributed by atoms with van der Waals surface area (Å²) in [6, 6.07) is 14.7. The van der Waals surface area contributed by atoms with Crippen LogP contribution in [0.25, 0.3) is 10.9 Å². The number of ether oxygens (including phenoxy) is 1. The van der Waals surface area contributed by atoms with E-state index in [-0.39, 0.29) is 18.0 Å². The van der Waals surface area contributed by atoms with Crippen molar-refractivity contribution in [2.45, 2.75) is 13.5 Å². The van der Waals surface area contributed by atoms with E-state index in [0.29, 0.717) is 16.9 Å². The summed E-state index contributed by atoms with van der Waals surface area (Å²) in [6.45, 7) is 2.21. The highest BCUT2D eigenvalue weighted by Crippen LogP contribution is 2.16. The molecule has 0 unspecified atom stereocenters. The maximum atomic E-state index is 12.6. The van der Waals surface area contributed by atoms with Crippen molar-refractivity contribution < 1.29 is 9.53 Å². The van der Waals surface area contributed by atoms with Gasteiger partial charge in [-0.25, -0.2) is 0 Å². The summed E-state index contributed by atoms with van der Waals surface area (Å²) in [5.74, 6) is 0.459. The predicted octanol–water partition coefficient (Wildman–Crippen LogP) is 3.12. The van der Waals surface area contributed by atoms with Crippen LogP contribution in [-0.4, -0.2) is 29.9 Å².